The van der Waals surface area contributed by atoms with Crippen LogP contribution in [-0.4, -0.2) is 35.2 Å². The Kier molecular flexibility index (Phi) is 6.51. The molecule has 3 rings (SSSR count). The molecule has 1 heterocycles. The topological polar surface area (TPSA) is 94.3 Å². The molecular formula is C21H21N3O4. The number of carbonyl (C=O) groups is 2. The third-order valence-corrected chi connectivity index (χ3v) is 4.03. The number of amides is 1. The average molecular weight is 379 g/mol. The Hall–Kier alpha value is -3.48. The van der Waals surface area contributed by atoms with Gasteiger partial charge in [-0.1, -0.05) is 42.5 Å². The van der Waals surface area contributed by atoms with Gasteiger partial charge in [-0.25, -0.2) is 4.79 Å². The van der Waals surface area contributed by atoms with Crippen LogP contribution in [0, 0.1) is 0 Å². The molecule has 0 aliphatic carbocycles. The molecule has 0 aliphatic rings. The molecule has 28 heavy (non-hydrogen) atoms. The van der Waals surface area contributed by atoms with E-state index >= 15 is 0 Å². The minimum absolute atomic E-state index is 0.0839. The van der Waals surface area contributed by atoms with Crippen LogP contribution < -0.4 is 5.32 Å². The number of aryl methyl sites for hydroxylation is 1. The largest absolute Gasteiger partial charge is 0.460 e. The van der Waals surface area contributed by atoms with Crippen LogP contribution in [0.25, 0.3) is 11.1 Å². The summed E-state index contributed by atoms with van der Waals surface area (Å²) in [5, 5.41) is 6.44. The molecule has 2 aromatic carbocycles. The first kappa shape index (κ1) is 19.3. The average Bonchev–Trinajstić information content (AvgIpc) is 3.21. The molecule has 0 radical (unpaired) electrons. The molecule has 0 saturated carbocycles. The third kappa shape index (κ3) is 5.03. The molecule has 1 aromatic heterocycles. The van der Waals surface area contributed by atoms with Crippen molar-refractivity contribution in [2.45, 2.75) is 19.8 Å². The van der Waals surface area contributed by atoms with Gasteiger partial charge >= 0.3 is 5.97 Å². The van der Waals surface area contributed by atoms with Crippen molar-refractivity contribution in [2.24, 2.45) is 0 Å². The smallest absolute Gasteiger partial charge is 0.379 e. The number of nitrogens with one attached hydrogen (secondary N) is 1. The number of benzene rings is 2. The lowest BCUT2D eigenvalue weighted by atomic mass is 10.0. The van der Waals surface area contributed by atoms with Crippen LogP contribution >= 0.6 is 0 Å². The van der Waals surface area contributed by atoms with Crippen LogP contribution in [0.1, 0.15) is 40.2 Å². The monoisotopic (exact) mass is 379 g/mol. The van der Waals surface area contributed by atoms with Crippen molar-refractivity contribution in [3.05, 3.63) is 71.9 Å². The Morgan fingerprint density at radius 3 is 2.46 bits per heavy atom. The van der Waals surface area contributed by atoms with Crippen LogP contribution in [-0.2, 0) is 11.2 Å². The van der Waals surface area contributed by atoms with Gasteiger partial charge in [-0.2, -0.15) is 4.98 Å². The van der Waals surface area contributed by atoms with Crippen LogP contribution in [0.3, 0.4) is 0 Å². The highest BCUT2D eigenvalue weighted by atomic mass is 16.5. The molecule has 7 nitrogen and oxygen atoms in total. The number of rotatable bonds is 8. The number of hydrogen-bond acceptors (Lipinski definition) is 6. The minimum Gasteiger partial charge on any atom is -0.460 e. The van der Waals surface area contributed by atoms with E-state index in [-0.39, 0.29) is 18.3 Å². The summed E-state index contributed by atoms with van der Waals surface area (Å²) >= 11 is 0. The van der Waals surface area contributed by atoms with E-state index in [2.05, 4.69) is 15.5 Å². The fourth-order valence-electron chi connectivity index (χ4n) is 2.62. The first-order chi connectivity index (χ1) is 13.7. The van der Waals surface area contributed by atoms with Crippen molar-refractivity contribution >= 4 is 11.9 Å². The van der Waals surface area contributed by atoms with E-state index < -0.39 is 5.97 Å². The normalized spacial score (nSPS) is 10.5. The zero-order chi connectivity index (χ0) is 19.8. The summed E-state index contributed by atoms with van der Waals surface area (Å²) in [7, 11) is 0. The minimum atomic E-state index is -0.607. The fraction of sp³-hybridized carbons (Fsp3) is 0.238. The third-order valence-electron chi connectivity index (χ3n) is 4.03. The second kappa shape index (κ2) is 9.45. The number of carbonyl (C=O) groups excluding carboxylic acids is 2. The van der Waals surface area contributed by atoms with Gasteiger partial charge in [0, 0.05) is 18.5 Å². The quantitative estimate of drug-likeness (QED) is 0.477. The highest BCUT2D eigenvalue weighted by Crippen LogP contribution is 2.19. The number of ether oxygens (including phenoxy) is 1. The van der Waals surface area contributed by atoms with Gasteiger partial charge in [0.15, 0.2) is 0 Å². The van der Waals surface area contributed by atoms with Gasteiger partial charge in [0.25, 0.3) is 11.7 Å². The van der Waals surface area contributed by atoms with Crippen molar-refractivity contribution in [1.82, 2.24) is 15.5 Å². The van der Waals surface area contributed by atoms with Crippen molar-refractivity contribution in [3.8, 4) is 11.1 Å². The van der Waals surface area contributed by atoms with Crippen molar-refractivity contribution in [2.75, 3.05) is 13.2 Å². The van der Waals surface area contributed by atoms with Crippen molar-refractivity contribution < 1.29 is 18.8 Å². The summed E-state index contributed by atoms with van der Waals surface area (Å²) in [6, 6.07) is 17.5. The van der Waals surface area contributed by atoms with Gasteiger partial charge in [0.05, 0.1) is 6.61 Å². The number of esters is 1. The Morgan fingerprint density at radius 1 is 1.04 bits per heavy atom. The highest BCUT2D eigenvalue weighted by molar-refractivity contribution is 5.94. The molecule has 0 aliphatic heterocycles. The number of hydrogen-bond donors (Lipinski definition) is 1. The Balaban J connectivity index is 1.45. The lowest BCUT2D eigenvalue weighted by molar-refractivity contribution is 0.0508. The van der Waals surface area contributed by atoms with Crippen LogP contribution in [0.2, 0.25) is 0 Å². The van der Waals surface area contributed by atoms with Crippen LogP contribution in [0.4, 0.5) is 0 Å². The summed E-state index contributed by atoms with van der Waals surface area (Å²) in [5.74, 6) is -0.494. The standard InChI is InChI=1S/C21H21N3O4/c1-2-27-21(26)19-23-18(28-24-19)9-6-14-22-20(25)17-12-10-16(11-13-17)15-7-4-3-5-8-15/h3-5,7-8,10-13H,2,6,9,14H2,1H3,(H,22,25). The van der Waals surface area contributed by atoms with Crippen molar-refractivity contribution in [3.63, 3.8) is 0 Å². The van der Waals surface area contributed by atoms with E-state index in [1.54, 1.807) is 19.1 Å². The summed E-state index contributed by atoms with van der Waals surface area (Å²) in [4.78, 5) is 27.7. The summed E-state index contributed by atoms with van der Waals surface area (Å²) < 4.78 is 9.81. The fourth-order valence-corrected chi connectivity index (χ4v) is 2.62. The van der Waals surface area contributed by atoms with Gasteiger partial charge < -0.3 is 14.6 Å². The zero-order valence-corrected chi connectivity index (χ0v) is 15.6. The predicted molar refractivity (Wildman–Crippen MR) is 103 cm³/mol. The molecule has 1 N–H and O–H groups in total. The van der Waals surface area contributed by atoms with Gasteiger partial charge in [-0.05, 0) is 41.8 Å². The van der Waals surface area contributed by atoms with Gasteiger partial charge in [0.2, 0.25) is 5.89 Å². The number of nitrogens with zero attached hydrogens (tertiary/aromatic N) is 2. The van der Waals surface area contributed by atoms with E-state index in [9.17, 15) is 9.59 Å². The van der Waals surface area contributed by atoms with Gasteiger partial charge in [0.1, 0.15) is 0 Å². The Morgan fingerprint density at radius 2 is 1.75 bits per heavy atom. The van der Waals surface area contributed by atoms with Gasteiger partial charge in [-0.3, -0.25) is 4.79 Å². The molecule has 3 aromatic rings. The Bertz CT molecular complexity index is 920. The van der Waals surface area contributed by atoms with Crippen LogP contribution in [0.5, 0.6) is 0 Å². The molecule has 0 atom stereocenters. The molecular weight excluding hydrogens is 358 g/mol. The lowest BCUT2D eigenvalue weighted by Gasteiger charge is -2.06. The van der Waals surface area contributed by atoms with E-state index in [1.807, 2.05) is 42.5 Å². The molecule has 0 saturated heterocycles. The molecule has 7 heteroatoms. The maximum atomic E-state index is 12.2. The Labute approximate surface area is 162 Å². The summed E-state index contributed by atoms with van der Waals surface area (Å²) in [6.45, 7) is 2.41. The second-order valence-electron chi connectivity index (χ2n) is 6.04. The number of aromatic nitrogens is 2. The molecule has 0 bridgehead atoms. The van der Waals surface area contributed by atoms with E-state index in [0.717, 1.165) is 11.1 Å². The molecule has 1 amide bonds. The zero-order valence-electron chi connectivity index (χ0n) is 15.6. The van der Waals surface area contributed by atoms with Gasteiger partial charge in [-0.15, -0.1) is 0 Å². The maximum absolute atomic E-state index is 12.2. The van der Waals surface area contributed by atoms with E-state index in [1.165, 1.54) is 0 Å². The van der Waals surface area contributed by atoms with Crippen LogP contribution in [0.15, 0.2) is 59.1 Å². The summed E-state index contributed by atoms with van der Waals surface area (Å²) in [5.41, 5.74) is 2.77. The first-order valence-electron chi connectivity index (χ1n) is 9.10. The summed E-state index contributed by atoms with van der Waals surface area (Å²) in [6.07, 6.45) is 1.07. The van der Waals surface area contributed by atoms with E-state index in [4.69, 9.17) is 9.26 Å². The molecule has 0 spiro atoms. The molecule has 0 unspecified atom stereocenters. The SMILES string of the molecule is CCOC(=O)c1noc(CCCNC(=O)c2ccc(-c3ccccc3)cc2)n1. The second-order valence-corrected chi connectivity index (χ2v) is 6.04. The highest BCUT2D eigenvalue weighted by Gasteiger charge is 2.15. The lowest BCUT2D eigenvalue weighted by Crippen LogP contribution is -2.24. The predicted octanol–water partition coefficient (Wildman–Crippen LogP) is 3.28. The first-order valence-corrected chi connectivity index (χ1v) is 9.10. The van der Waals surface area contributed by atoms with E-state index in [0.29, 0.717) is 30.8 Å². The maximum Gasteiger partial charge on any atom is 0.379 e. The van der Waals surface area contributed by atoms with Crippen molar-refractivity contribution in [1.29, 1.82) is 0 Å². The molecule has 0 fully saturated rings. The molecule has 144 valence electrons.